The second-order valence-corrected chi connectivity index (χ2v) is 6.22. The lowest BCUT2D eigenvalue weighted by Gasteiger charge is -2.25. The van der Waals surface area contributed by atoms with E-state index in [9.17, 15) is 0 Å². The minimum atomic E-state index is 0.561. The van der Waals surface area contributed by atoms with Crippen LogP contribution in [0.15, 0.2) is 22.1 Å². The first kappa shape index (κ1) is 12.6. The predicted octanol–water partition coefficient (Wildman–Crippen LogP) is 4.85. The van der Waals surface area contributed by atoms with Gasteiger partial charge in [0, 0.05) is 22.7 Å². The fourth-order valence-electron chi connectivity index (χ4n) is 2.40. The first-order valence-corrected chi connectivity index (χ1v) is 7.16. The second kappa shape index (κ2) is 4.77. The van der Waals surface area contributed by atoms with Crippen LogP contribution in [0.1, 0.15) is 49.1 Å². The zero-order valence-electron chi connectivity index (χ0n) is 11.4. The molecule has 0 bridgehead atoms. The number of rotatable bonds is 2. The maximum Gasteiger partial charge on any atom is 0.0268 e. The number of thiophene rings is 1. The van der Waals surface area contributed by atoms with Crippen molar-refractivity contribution in [3.8, 4) is 0 Å². The molecule has 0 spiro atoms. The molecule has 0 amide bonds. The molecule has 1 aliphatic heterocycles. The van der Waals surface area contributed by atoms with Gasteiger partial charge in [-0.05, 0) is 55.2 Å². The topological polar surface area (TPSA) is 12.4 Å². The van der Waals surface area contributed by atoms with E-state index in [2.05, 4.69) is 51.2 Å². The van der Waals surface area contributed by atoms with E-state index in [1.54, 1.807) is 0 Å². The number of allylic oxidation sites excluding steroid dienone is 1. The largest absolute Gasteiger partial charge is 0.266 e. The summed E-state index contributed by atoms with van der Waals surface area (Å²) in [6, 6.07) is 0. The van der Waals surface area contributed by atoms with E-state index >= 15 is 0 Å². The van der Waals surface area contributed by atoms with Gasteiger partial charge in [-0.3, -0.25) is 4.99 Å². The Morgan fingerprint density at radius 1 is 1.29 bits per heavy atom. The third-order valence-corrected chi connectivity index (χ3v) is 4.96. The van der Waals surface area contributed by atoms with Crippen LogP contribution in [-0.4, -0.2) is 5.71 Å². The highest BCUT2D eigenvalue weighted by atomic mass is 32.1. The highest BCUT2D eigenvalue weighted by molar-refractivity contribution is 7.10. The van der Waals surface area contributed by atoms with Crippen molar-refractivity contribution in [1.29, 1.82) is 0 Å². The Morgan fingerprint density at radius 2 is 2.00 bits per heavy atom. The Morgan fingerprint density at radius 3 is 2.53 bits per heavy atom. The van der Waals surface area contributed by atoms with Crippen molar-refractivity contribution in [3.63, 3.8) is 0 Å². The van der Waals surface area contributed by atoms with Crippen LogP contribution < -0.4 is 0 Å². The van der Waals surface area contributed by atoms with Gasteiger partial charge >= 0.3 is 0 Å². The van der Waals surface area contributed by atoms with E-state index in [-0.39, 0.29) is 0 Å². The summed E-state index contributed by atoms with van der Waals surface area (Å²) in [5.74, 6) is 1.14. The lowest BCUT2D eigenvalue weighted by Crippen LogP contribution is -2.14. The lowest BCUT2D eigenvalue weighted by molar-refractivity contribution is 0.656. The van der Waals surface area contributed by atoms with Crippen molar-refractivity contribution >= 4 is 17.0 Å². The highest BCUT2D eigenvalue weighted by Crippen LogP contribution is 2.40. The molecule has 1 unspecified atom stereocenters. The first-order valence-electron chi connectivity index (χ1n) is 6.28. The van der Waals surface area contributed by atoms with Gasteiger partial charge in [0.05, 0.1) is 0 Å². The zero-order chi connectivity index (χ0) is 12.6. The molecule has 1 aliphatic rings. The van der Waals surface area contributed by atoms with E-state index in [0.717, 1.165) is 6.42 Å². The van der Waals surface area contributed by atoms with Gasteiger partial charge < -0.3 is 0 Å². The van der Waals surface area contributed by atoms with E-state index in [1.807, 2.05) is 11.3 Å². The molecule has 92 valence electrons. The summed E-state index contributed by atoms with van der Waals surface area (Å²) < 4.78 is 0. The normalized spacial score (nSPS) is 20.5. The number of hydrogen-bond acceptors (Lipinski definition) is 2. The molecule has 1 atom stereocenters. The maximum absolute atomic E-state index is 4.50. The summed E-state index contributed by atoms with van der Waals surface area (Å²) in [7, 11) is 0. The van der Waals surface area contributed by atoms with Gasteiger partial charge in [-0.15, -0.1) is 11.3 Å². The number of aryl methyl sites for hydroxylation is 1. The van der Waals surface area contributed by atoms with Crippen LogP contribution in [0.3, 0.4) is 0 Å². The predicted molar refractivity (Wildman–Crippen MR) is 77.2 cm³/mol. The Bertz CT molecular complexity index is 477. The molecule has 1 aromatic heterocycles. The van der Waals surface area contributed by atoms with E-state index in [1.165, 1.54) is 27.3 Å². The Hall–Kier alpha value is -0.890. The van der Waals surface area contributed by atoms with Crippen LogP contribution in [0.5, 0.6) is 0 Å². The fourth-order valence-corrected chi connectivity index (χ4v) is 3.60. The van der Waals surface area contributed by atoms with Crippen molar-refractivity contribution in [2.75, 3.05) is 0 Å². The Balaban J connectivity index is 2.41. The molecule has 0 aromatic carbocycles. The zero-order valence-corrected chi connectivity index (χ0v) is 12.2. The van der Waals surface area contributed by atoms with Crippen molar-refractivity contribution in [2.24, 2.45) is 10.9 Å². The van der Waals surface area contributed by atoms with Crippen LogP contribution in [0.4, 0.5) is 0 Å². The minimum absolute atomic E-state index is 0.561. The van der Waals surface area contributed by atoms with Gasteiger partial charge in [0.2, 0.25) is 0 Å². The third kappa shape index (κ3) is 2.37. The molecule has 0 saturated heterocycles. The molecule has 0 fully saturated rings. The first-order chi connectivity index (χ1) is 8.00. The summed E-state index contributed by atoms with van der Waals surface area (Å²) in [5.41, 5.74) is 5.64. The molecule has 0 N–H and O–H groups in total. The third-order valence-electron chi connectivity index (χ3n) is 3.64. The van der Waals surface area contributed by atoms with Gasteiger partial charge in [-0.1, -0.05) is 13.8 Å². The molecule has 0 radical (unpaired) electrons. The van der Waals surface area contributed by atoms with Crippen molar-refractivity contribution in [3.05, 3.63) is 33.2 Å². The number of nitrogens with zero attached hydrogens (tertiary/aromatic N) is 1. The van der Waals surface area contributed by atoms with Gasteiger partial charge in [-0.2, -0.15) is 0 Å². The molecule has 2 heterocycles. The molecule has 1 aromatic rings. The molecule has 17 heavy (non-hydrogen) atoms. The molecule has 1 nitrogen and oxygen atoms in total. The van der Waals surface area contributed by atoms with E-state index in [4.69, 9.17) is 0 Å². The SMILES string of the molecule is CC1=NC=C(C(C)C)C(c2scc(C)c2C)C1. The average Bonchev–Trinajstić information content (AvgIpc) is 2.59. The molecule has 0 saturated carbocycles. The average molecular weight is 247 g/mol. The Kier molecular flexibility index (Phi) is 3.53. The van der Waals surface area contributed by atoms with E-state index < -0.39 is 0 Å². The van der Waals surface area contributed by atoms with Gasteiger partial charge in [0.25, 0.3) is 0 Å². The van der Waals surface area contributed by atoms with Crippen LogP contribution in [0.2, 0.25) is 0 Å². The van der Waals surface area contributed by atoms with Crippen molar-refractivity contribution in [2.45, 2.75) is 47.0 Å². The highest BCUT2D eigenvalue weighted by Gasteiger charge is 2.25. The van der Waals surface area contributed by atoms with Crippen LogP contribution >= 0.6 is 11.3 Å². The monoisotopic (exact) mass is 247 g/mol. The standard InChI is InChI=1S/C15H21NS/c1-9(2)14-7-16-11(4)6-13(14)15-12(5)10(3)8-17-15/h7-9,13H,6H2,1-5H3. The lowest BCUT2D eigenvalue weighted by atomic mass is 9.83. The fraction of sp³-hybridized carbons (Fsp3) is 0.533. The molecule has 0 aliphatic carbocycles. The summed E-state index contributed by atoms with van der Waals surface area (Å²) in [6.45, 7) is 11.1. The summed E-state index contributed by atoms with van der Waals surface area (Å²) in [5, 5.41) is 2.28. The quantitative estimate of drug-likeness (QED) is 0.708. The van der Waals surface area contributed by atoms with Gasteiger partial charge in [-0.25, -0.2) is 0 Å². The second-order valence-electron chi connectivity index (χ2n) is 5.31. The Labute approximate surface area is 108 Å². The number of hydrogen-bond donors (Lipinski definition) is 0. The summed E-state index contributed by atoms with van der Waals surface area (Å²) in [6.07, 6.45) is 3.19. The summed E-state index contributed by atoms with van der Waals surface area (Å²) >= 11 is 1.91. The molecule has 2 rings (SSSR count). The van der Waals surface area contributed by atoms with Crippen molar-refractivity contribution in [1.82, 2.24) is 0 Å². The van der Waals surface area contributed by atoms with Gasteiger partial charge in [0.1, 0.15) is 0 Å². The number of aliphatic imine (C=N–C) groups is 1. The molecular formula is C15H21NS. The molecular weight excluding hydrogens is 226 g/mol. The van der Waals surface area contributed by atoms with Gasteiger partial charge in [0.15, 0.2) is 0 Å². The van der Waals surface area contributed by atoms with Crippen LogP contribution in [-0.2, 0) is 0 Å². The summed E-state index contributed by atoms with van der Waals surface area (Å²) in [4.78, 5) is 6.04. The minimum Gasteiger partial charge on any atom is -0.266 e. The van der Waals surface area contributed by atoms with Crippen LogP contribution in [0.25, 0.3) is 0 Å². The van der Waals surface area contributed by atoms with Crippen molar-refractivity contribution < 1.29 is 0 Å². The van der Waals surface area contributed by atoms with E-state index in [0.29, 0.717) is 11.8 Å². The van der Waals surface area contributed by atoms with Crippen LogP contribution in [0, 0.1) is 19.8 Å². The smallest absolute Gasteiger partial charge is 0.0268 e. The maximum atomic E-state index is 4.50. The molecule has 2 heteroatoms.